The van der Waals surface area contributed by atoms with Crippen molar-refractivity contribution in [1.29, 1.82) is 0 Å². The first-order valence-corrected chi connectivity index (χ1v) is 4.74. The Kier molecular flexibility index (Phi) is 4.43. The molecule has 0 heterocycles. The topological polar surface area (TPSA) is 17.1 Å². The zero-order valence-electron chi connectivity index (χ0n) is 7.46. The maximum absolute atomic E-state index is 10.5. The molecule has 1 aliphatic carbocycles. The molecule has 1 rings (SSSR count). The van der Waals surface area contributed by atoms with Crippen molar-refractivity contribution < 1.29 is 4.79 Å². The van der Waals surface area contributed by atoms with Gasteiger partial charge in [0.1, 0.15) is 6.29 Å². The lowest BCUT2D eigenvalue weighted by molar-refractivity contribution is -0.105. The fourth-order valence-electron chi connectivity index (χ4n) is 1.41. The van der Waals surface area contributed by atoms with Gasteiger partial charge in [-0.3, -0.25) is 4.79 Å². The van der Waals surface area contributed by atoms with E-state index in [-0.39, 0.29) is 0 Å². The monoisotopic (exact) mass is 164 g/mol. The highest BCUT2D eigenvalue weighted by Crippen LogP contribution is 2.12. The summed E-state index contributed by atoms with van der Waals surface area (Å²) < 4.78 is 0. The second-order valence-electron chi connectivity index (χ2n) is 3.24. The standard InChI is InChI=1S/C11H16O/c12-10-11-8-6-4-2-1-3-5-7-9-11/h4,6,8,10H,1-3,5,7,9H2/b6-4+,11-8+. The van der Waals surface area contributed by atoms with Crippen LogP contribution in [0.1, 0.15) is 38.5 Å². The van der Waals surface area contributed by atoms with E-state index in [0.29, 0.717) is 0 Å². The normalized spacial score (nSPS) is 26.8. The molecule has 0 bridgehead atoms. The molecule has 0 fully saturated rings. The van der Waals surface area contributed by atoms with Gasteiger partial charge in [0.2, 0.25) is 0 Å². The Morgan fingerprint density at radius 3 is 2.83 bits per heavy atom. The van der Waals surface area contributed by atoms with Crippen LogP contribution in [0.3, 0.4) is 0 Å². The van der Waals surface area contributed by atoms with E-state index in [4.69, 9.17) is 0 Å². The highest BCUT2D eigenvalue weighted by atomic mass is 16.1. The summed E-state index contributed by atoms with van der Waals surface area (Å²) in [5.74, 6) is 0. The molecule has 12 heavy (non-hydrogen) atoms. The van der Waals surface area contributed by atoms with Crippen LogP contribution >= 0.6 is 0 Å². The average Bonchev–Trinajstić information content (AvgIpc) is 2.14. The Hall–Kier alpha value is -0.850. The van der Waals surface area contributed by atoms with E-state index in [2.05, 4.69) is 6.08 Å². The Morgan fingerprint density at radius 1 is 1.17 bits per heavy atom. The fourth-order valence-corrected chi connectivity index (χ4v) is 1.41. The molecule has 0 saturated carbocycles. The first-order chi connectivity index (χ1) is 5.93. The van der Waals surface area contributed by atoms with Crippen molar-refractivity contribution in [2.24, 2.45) is 0 Å². The molecule has 0 amide bonds. The minimum absolute atomic E-state index is 0.938. The summed E-state index contributed by atoms with van der Waals surface area (Å²) in [4.78, 5) is 10.5. The average molecular weight is 164 g/mol. The lowest BCUT2D eigenvalue weighted by atomic mass is 10.0. The smallest absolute Gasteiger partial charge is 0.146 e. The molecular weight excluding hydrogens is 148 g/mol. The summed E-state index contributed by atoms with van der Waals surface area (Å²) in [6.45, 7) is 0. The molecule has 66 valence electrons. The summed E-state index contributed by atoms with van der Waals surface area (Å²) >= 11 is 0. The third kappa shape index (κ3) is 3.51. The lowest BCUT2D eigenvalue weighted by Gasteiger charge is -2.01. The number of aldehydes is 1. The minimum atomic E-state index is 0.938. The Balaban J connectivity index is 2.50. The van der Waals surface area contributed by atoms with Crippen molar-refractivity contribution in [3.05, 3.63) is 23.8 Å². The molecule has 1 heteroatoms. The van der Waals surface area contributed by atoms with Crippen LogP contribution in [0.15, 0.2) is 23.8 Å². The Labute approximate surface area is 74.2 Å². The number of hydrogen-bond acceptors (Lipinski definition) is 1. The Bertz CT molecular complexity index is 189. The van der Waals surface area contributed by atoms with Gasteiger partial charge in [-0.1, -0.05) is 31.1 Å². The summed E-state index contributed by atoms with van der Waals surface area (Å²) in [6.07, 6.45) is 14.2. The first kappa shape index (κ1) is 9.24. The molecule has 0 radical (unpaired) electrons. The SMILES string of the molecule is O=C/C1=C/C=C/CCCCCC1. The van der Waals surface area contributed by atoms with Crippen molar-refractivity contribution >= 4 is 6.29 Å². The summed E-state index contributed by atoms with van der Waals surface area (Å²) in [5.41, 5.74) is 0.938. The number of hydrogen-bond donors (Lipinski definition) is 0. The van der Waals surface area contributed by atoms with Crippen molar-refractivity contribution in [1.82, 2.24) is 0 Å². The van der Waals surface area contributed by atoms with Gasteiger partial charge in [-0.05, 0) is 31.3 Å². The number of rotatable bonds is 1. The maximum atomic E-state index is 10.5. The third-order valence-corrected chi connectivity index (χ3v) is 2.18. The van der Waals surface area contributed by atoms with Crippen molar-refractivity contribution in [2.75, 3.05) is 0 Å². The predicted octanol–water partition coefficient (Wildman–Crippen LogP) is 3.02. The highest BCUT2D eigenvalue weighted by Gasteiger charge is 1.96. The van der Waals surface area contributed by atoms with Gasteiger partial charge in [-0.2, -0.15) is 0 Å². The molecule has 0 aliphatic heterocycles. The molecule has 0 spiro atoms. The minimum Gasteiger partial charge on any atom is -0.298 e. The molecule has 0 aromatic rings. The van der Waals surface area contributed by atoms with Gasteiger partial charge in [0.05, 0.1) is 0 Å². The maximum Gasteiger partial charge on any atom is 0.146 e. The summed E-state index contributed by atoms with van der Waals surface area (Å²) in [7, 11) is 0. The van der Waals surface area contributed by atoms with E-state index in [1.54, 1.807) is 0 Å². The largest absolute Gasteiger partial charge is 0.298 e. The number of carbonyl (C=O) groups excluding carboxylic acids is 1. The van der Waals surface area contributed by atoms with E-state index in [1.165, 1.54) is 25.7 Å². The molecule has 0 N–H and O–H groups in total. The molecule has 1 nitrogen and oxygen atoms in total. The molecule has 0 unspecified atom stereocenters. The quantitative estimate of drug-likeness (QED) is 0.544. The van der Waals surface area contributed by atoms with Crippen LogP contribution in [0.5, 0.6) is 0 Å². The van der Waals surface area contributed by atoms with E-state index < -0.39 is 0 Å². The summed E-state index contributed by atoms with van der Waals surface area (Å²) in [5, 5.41) is 0. The lowest BCUT2D eigenvalue weighted by Crippen LogP contribution is -1.87. The van der Waals surface area contributed by atoms with E-state index in [9.17, 15) is 4.79 Å². The molecule has 0 aromatic heterocycles. The molecule has 1 aliphatic rings. The van der Waals surface area contributed by atoms with Gasteiger partial charge in [0, 0.05) is 0 Å². The second kappa shape index (κ2) is 5.76. The number of carbonyl (C=O) groups is 1. The van der Waals surface area contributed by atoms with E-state index in [1.807, 2.05) is 12.2 Å². The predicted molar refractivity (Wildman–Crippen MR) is 51.0 cm³/mol. The van der Waals surface area contributed by atoms with Crippen LogP contribution in [0.25, 0.3) is 0 Å². The fraction of sp³-hybridized carbons (Fsp3) is 0.545. The highest BCUT2D eigenvalue weighted by molar-refractivity contribution is 5.73. The van der Waals surface area contributed by atoms with Gasteiger partial charge < -0.3 is 0 Å². The van der Waals surface area contributed by atoms with Gasteiger partial charge in [-0.15, -0.1) is 0 Å². The van der Waals surface area contributed by atoms with Gasteiger partial charge in [0.25, 0.3) is 0 Å². The van der Waals surface area contributed by atoms with Crippen LogP contribution in [0, 0.1) is 0 Å². The zero-order valence-corrected chi connectivity index (χ0v) is 7.46. The third-order valence-electron chi connectivity index (χ3n) is 2.18. The zero-order chi connectivity index (χ0) is 8.65. The van der Waals surface area contributed by atoms with Crippen LogP contribution in [0.4, 0.5) is 0 Å². The van der Waals surface area contributed by atoms with Crippen molar-refractivity contribution in [3.63, 3.8) is 0 Å². The van der Waals surface area contributed by atoms with Crippen molar-refractivity contribution in [3.8, 4) is 0 Å². The number of allylic oxidation sites excluding steroid dienone is 4. The molecule has 0 aromatic carbocycles. The van der Waals surface area contributed by atoms with Crippen LogP contribution in [-0.2, 0) is 4.79 Å². The van der Waals surface area contributed by atoms with Crippen molar-refractivity contribution in [2.45, 2.75) is 38.5 Å². The molecule has 0 saturated heterocycles. The van der Waals surface area contributed by atoms with E-state index in [0.717, 1.165) is 24.7 Å². The van der Waals surface area contributed by atoms with Crippen LogP contribution < -0.4 is 0 Å². The molecular formula is C11H16O. The van der Waals surface area contributed by atoms with Crippen LogP contribution in [0.2, 0.25) is 0 Å². The second-order valence-corrected chi connectivity index (χ2v) is 3.24. The van der Waals surface area contributed by atoms with Gasteiger partial charge in [-0.25, -0.2) is 0 Å². The van der Waals surface area contributed by atoms with E-state index >= 15 is 0 Å². The summed E-state index contributed by atoms with van der Waals surface area (Å²) in [6, 6.07) is 0. The van der Waals surface area contributed by atoms with Gasteiger partial charge in [0.15, 0.2) is 0 Å². The first-order valence-electron chi connectivity index (χ1n) is 4.74. The van der Waals surface area contributed by atoms with Crippen LogP contribution in [-0.4, -0.2) is 6.29 Å². The molecule has 0 atom stereocenters. The Morgan fingerprint density at radius 2 is 2.00 bits per heavy atom. The van der Waals surface area contributed by atoms with Gasteiger partial charge >= 0.3 is 0 Å².